The third kappa shape index (κ3) is 1.98. The summed E-state index contributed by atoms with van der Waals surface area (Å²) in [6, 6.07) is 14.1. The second-order valence-electron chi connectivity index (χ2n) is 4.90. The molecule has 21 heavy (non-hydrogen) atoms. The van der Waals surface area contributed by atoms with Gasteiger partial charge >= 0.3 is 0 Å². The number of H-pyrrole nitrogens is 1. The van der Waals surface area contributed by atoms with Crippen molar-refractivity contribution in [3.63, 3.8) is 0 Å². The largest absolute Gasteiger partial charge is 0.359 e. The number of nitrogens with zero attached hydrogens (tertiary/aromatic N) is 1. The molecule has 2 nitrogen and oxygen atoms in total. The lowest BCUT2D eigenvalue weighted by atomic mass is 10.1. The maximum absolute atomic E-state index is 13.5. The zero-order valence-corrected chi connectivity index (χ0v) is 11.7. The van der Waals surface area contributed by atoms with Gasteiger partial charge in [-0.2, -0.15) is 0 Å². The van der Waals surface area contributed by atoms with Crippen LogP contribution < -0.4 is 0 Å². The molecule has 0 atom stereocenters. The summed E-state index contributed by atoms with van der Waals surface area (Å²) in [4.78, 5) is 7.84. The van der Waals surface area contributed by atoms with E-state index in [1.165, 1.54) is 12.1 Å². The van der Waals surface area contributed by atoms with E-state index in [0.717, 1.165) is 27.5 Å². The average molecular weight is 297 g/mol. The first-order valence-corrected chi connectivity index (χ1v) is 6.92. The number of benzene rings is 2. The summed E-state index contributed by atoms with van der Waals surface area (Å²) in [7, 11) is 0. The molecule has 0 fully saturated rings. The van der Waals surface area contributed by atoms with E-state index in [1.54, 1.807) is 6.07 Å². The summed E-state index contributed by atoms with van der Waals surface area (Å²) in [5.41, 5.74) is 3.33. The van der Waals surface area contributed by atoms with Crippen LogP contribution in [0.1, 0.15) is 0 Å². The van der Waals surface area contributed by atoms with Gasteiger partial charge in [-0.25, -0.2) is 9.37 Å². The highest BCUT2D eigenvalue weighted by Gasteiger charge is 2.11. The minimum absolute atomic E-state index is 0.285. The fourth-order valence-corrected chi connectivity index (χ4v) is 2.73. The van der Waals surface area contributed by atoms with Gasteiger partial charge in [-0.1, -0.05) is 23.7 Å². The van der Waals surface area contributed by atoms with Gasteiger partial charge in [0.25, 0.3) is 0 Å². The molecule has 0 saturated carbocycles. The molecule has 0 aliphatic carbocycles. The lowest BCUT2D eigenvalue weighted by molar-refractivity contribution is 0.629. The molecule has 0 spiro atoms. The van der Waals surface area contributed by atoms with Gasteiger partial charge in [0.2, 0.25) is 0 Å². The van der Waals surface area contributed by atoms with Crippen molar-refractivity contribution in [2.75, 3.05) is 0 Å². The highest BCUT2D eigenvalue weighted by atomic mass is 35.5. The Hall–Kier alpha value is -2.39. The van der Waals surface area contributed by atoms with E-state index >= 15 is 0 Å². The van der Waals surface area contributed by atoms with E-state index in [-0.39, 0.29) is 5.82 Å². The Bertz CT molecular complexity index is 958. The molecule has 2 heterocycles. The van der Waals surface area contributed by atoms with Gasteiger partial charge in [0.15, 0.2) is 0 Å². The molecule has 0 unspecified atom stereocenters. The number of nitrogens with one attached hydrogen (secondary N) is 1. The summed E-state index contributed by atoms with van der Waals surface area (Å²) < 4.78 is 13.5. The first-order chi connectivity index (χ1) is 10.2. The van der Waals surface area contributed by atoms with Crippen LogP contribution in [0, 0.1) is 5.82 Å². The van der Waals surface area contributed by atoms with Crippen molar-refractivity contribution in [3.05, 3.63) is 65.6 Å². The van der Waals surface area contributed by atoms with Gasteiger partial charge < -0.3 is 4.98 Å². The first kappa shape index (κ1) is 12.4. The number of halogens is 2. The molecule has 0 aliphatic rings. The molecular formula is C17H10ClFN2. The minimum Gasteiger partial charge on any atom is -0.359 e. The van der Waals surface area contributed by atoms with Crippen LogP contribution >= 0.6 is 11.6 Å². The number of aromatic amines is 1. The van der Waals surface area contributed by atoms with Crippen LogP contribution in [-0.4, -0.2) is 9.97 Å². The molecule has 0 saturated heterocycles. The molecule has 102 valence electrons. The molecular weight excluding hydrogens is 287 g/mol. The highest BCUT2D eigenvalue weighted by molar-refractivity contribution is 6.30. The number of pyridine rings is 1. The van der Waals surface area contributed by atoms with Gasteiger partial charge in [0.05, 0.1) is 16.7 Å². The van der Waals surface area contributed by atoms with E-state index in [1.807, 2.05) is 36.5 Å². The molecule has 1 N–H and O–H groups in total. The predicted molar refractivity (Wildman–Crippen MR) is 84.0 cm³/mol. The number of fused-ring (bicyclic) bond motifs is 3. The van der Waals surface area contributed by atoms with E-state index in [9.17, 15) is 4.39 Å². The van der Waals surface area contributed by atoms with Gasteiger partial charge in [0.1, 0.15) is 5.82 Å². The Morgan fingerprint density at radius 3 is 2.57 bits per heavy atom. The number of aromatic nitrogens is 2. The van der Waals surface area contributed by atoms with Crippen molar-refractivity contribution in [2.24, 2.45) is 0 Å². The number of hydrogen-bond donors (Lipinski definition) is 1. The molecule has 0 radical (unpaired) electrons. The van der Waals surface area contributed by atoms with Crippen molar-refractivity contribution in [2.45, 2.75) is 0 Å². The SMILES string of the molecule is Fc1ccc2c(c1)nc(-c1ccc(Cl)cc1)c1[nH]ccc12. The van der Waals surface area contributed by atoms with E-state index in [2.05, 4.69) is 9.97 Å². The molecule has 4 heteroatoms. The Kier molecular flexibility index (Phi) is 2.69. The maximum Gasteiger partial charge on any atom is 0.125 e. The van der Waals surface area contributed by atoms with Crippen LogP contribution in [0.4, 0.5) is 4.39 Å². The van der Waals surface area contributed by atoms with Crippen molar-refractivity contribution in [3.8, 4) is 11.3 Å². The maximum atomic E-state index is 13.5. The van der Waals surface area contributed by atoms with E-state index in [4.69, 9.17) is 11.6 Å². The summed E-state index contributed by atoms with van der Waals surface area (Å²) >= 11 is 5.93. The predicted octanol–water partition coefficient (Wildman–Crippen LogP) is 5.18. The average Bonchev–Trinajstić information content (AvgIpc) is 2.96. The quantitative estimate of drug-likeness (QED) is 0.515. The molecule has 0 amide bonds. The summed E-state index contributed by atoms with van der Waals surface area (Å²) in [6.07, 6.45) is 1.87. The summed E-state index contributed by atoms with van der Waals surface area (Å²) in [5.74, 6) is -0.285. The molecule has 4 aromatic rings. The topological polar surface area (TPSA) is 28.7 Å². The Morgan fingerprint density at radius 1 is 0.952 bits per heavy atom. The molecule has 0 aliphatic heterocycles. The van der Waals surface area contributed by atoms with E-state index < -0.39 is 0 Å². The number of hydrogen-bond acceptors (Lipinski definition) is 1. The third-order valence-electron chi connectivity index (χ3n) is 3.58. The van der Waals surface area contributed by atoms with Crippen molar-refractivity contribution < 1.29 is 4.39 Å². The third-order valence-corrected chi connectivity index (χ3v) is 3.84. The number of rotatable bonds is 1. The second kappa shape index (κ2) is 4.57. The van der Waals surface area contributed by atoms with E-state index in [0.29, 0.717) is 10.5 Å². The Balaban J connectivity index is 2.10. The van der Waals surface area contributed by atoms with Crippen molar-refractivity contribution >= 4 is 33.4 Å². The lowest BCUT2D eigenvalue weighted by Crippen LogP contribution is -1.89. The Morgan fingerprint density at radius 2 is 1.76 bits per heavy atom. The Labute approximate surface area is 125 Å². The summed E-state index contributed by atoms with van der Waals surface area (Å²) in [6.45, 7) is 0. The molecule has 4 rings (SSSR count). The van der Waals surface area contributed by atoms with Crippen LogP contribution in [0.5, 0.6) is 0 Å². The molecule has 2 aromatic carbocycles. The fraction of sp³-hybridized carbons (Fsp3) is 0. The highest BCUT2D eigenvalue weighted by Crippen LogP contribution is 2.32. The van der Waals surface area contributed by atoms with Gasteiger partial charge in [0, 0.05) is 33.6 Å². The van der Waals surface area contributed by atoms with Gasteiger partial charge in [-0.15, -0.1) is 0 Å². The fourth-order valence-electron chi connectivity index (χ4n) is 2.61. The van der Waals surface area contributed by atoms with Crippen LogP contribution in [0.25, 0.3) is 33.1 Å². The smallest absolute Gasteiger partial charge is 0.125 e. The minimum atomic E-state index is -0.285. The van der Waals surface area contributed by atoms with Crippen LogP contribution in [0.3, 0.4) is 0 Å². The van der Waals surface area contributed by atoms with Crippen LogP contribution in [-0.2, 0) is 0 Å². The second-order valence-corrected chi connectivity index (χ2v) is 5.33. The first-order valence-electron chi connectivity index (χ1n) is 6.55. The van der Waals surface area contributed by atoms with Crippen LogP contribution in [0.15, 0.2) is 54.7 Å². The molecule has 0 bridgehead atoms. The van der Waals surface area contributed by atoms with Gasteiger partial charge in [-0.3, -0.25) is 0 Å². The van der Waals surface area contributed by atoms with Crippen molar-refractivity contribution in [1.29, 1.82) is 0 Å². The zero-order valence-electron chi connectivity index (χ0n) is 10.9. The standard InChI is InChI=1S/C17H10ClFN2/c18-11-3-1-10(2-4-11)16-17-14(7-8-20-17)13-6-5-12(19)9-15(13)21-16/h1-9,20H. The zero-order chi connectivity index (χ0) is 14.4. The van der Waals surface area contributed by atoms with Gasteiger partial charge in [-0.05, 0) is 30.3 Å². The monoisotopic (exact) mass is 296 g/mol. The lowest BCUT2D eigenvalue weighted by Gasteiger charge is -2.07. The normalized spacial score (nSPS) is 11.3. The van der Waals surface area contributed by atoms with Crippen molar-refractivity contribution in [1.82, 2.24) is 9.97 Å². The summed E-state index contributed by atoms with van der Waals surface area (Å²) in [5, 5.41) is 2.64. The van der Waals surface area contributed by atoms with Crippen LogP contribution in [0.2, 0.25) is 5.02 Å². The molecule has 2 aromatic heterocycles.